The zero-order valence-corrected chi connectivity index (χ0v) is 13.9. The van der Waals surface area contributed by atoms with Crippen LogP contribution >= 0.6 is 11.6 Å². The molecule has 3 heterocycles. The van der Waals surface area contributed by atoms with Gasteiger partial charge in [-0.05, 0) is 23.8 Å². The molecule has 0 spiro atoms. The van der Waals surface area contributed by atoms with Gasteiger partial charge >= 0.3 is 5.97 Å². The van der Waals surface area contributed by atoms with Crippen molar-refractivity contribution in [3.8, 4) is 11.5 Å². The van der Waals surface area contributed by atoms with E-state index in [1.165, 1.54) is 10.7 Å². The lowest BCUT2D eigenvalue weighted by Crippen LogP contribution is -2.06. The summed E-state index contributed by atoms with van der Waals surface area (Å²) in [6.07, 6.45) is 5.53. The zero-order valence-electron chi connectivity index (χ0n) is 13.1. The van der Waals surface area contributed by atoms with Crippen LogP contribution in [0.4, 0.5) is 0 Å². The van der Waals surface area contributed by atoms with E-state index in [0.717, 1.165) is 6.42 Å². The zero-order chi connectivity index (χ0) is 17.2. The third-order valence-corrected chi connectivity index (χ3v) is 4.01. The molecule has 128 valence electrons. The van der Waals surface area contributed by atoms with Crippen LogP contribution in [0, 0.1) is 0 Å². The normalized spacial score (nSPS) is 13.5. The standard InChI is InChI=1S/C17H14ClN3O4/c18-13-7-11(8-14-15(13)24-6-2-5-23-14)10-25-17(22)12-9-20-21-4-1-3-19-16(12)21/h1,3-4,7-9H,2,5-6,10H2. The summed E-state index contributed by atoms with van der Waals surface area (Å²) in [4.78, 5) is 16.5. The lowest BCUT2D eigenvalue weighted by Gasteiger charge is -2.11. The first-order valence-electron chi connectivity index (χ1n) is 7.76. The Morgan fingerprint density at radius 3 is 3.12 bits per heavy atom. The minimum atomic E-state index is -0.503. The number of benzene rings is 1. The largest absolute Gasteiger partial charge is 0.489 e. The minimum Gasteiger partial charge on any atom is -0.489 e. The average molecular weight is 360 g/mol. The molecule has 1 aliphatic heterocycles. The van der Waals surface area contributed by atoms with Gasteiger partial charge in [-0.3, -0.25) is 0 Å². The molecule has 3 aromatic rings. The molecular weight excluding hydrogens is 346 g/mol. The van der Waals surface area contributed by atoms with Crippen molar-refractivity contribution >= 4 is 23.2 Å². The summed E-state index contributed by atoms with van der Waals surface area (Å²) in [5, 5.41) is 4.51. The fourth-order valence-corrected chi connectivity index (χ4v) is 2.85. The van der Waals surface area contributed by atoms with E-state index in [1.807, 2.05) is 0 Å². The van der Waals surface area contributed by atoms with Crippen LogP contribution in [0.1, 0.15) is 22.3 Å². The Balaban J connectivity index is 1.52. The molecule has 0 aliphatic carbocycles. The number of nitrogens with zero attached hydrogens (tertiary/aromatic N) is 3. The van der Waals surface area contributed by atoms with Crippen LogP contribution in [0.3, 0.4) is 0 Å². The summed E-state index contributed by atoms with van der Waals surface area (Å²) in [6, 6.07) is 5.21. The SMILES string of the molecule is O=C(OCc1cc(Cl)c2c(c1)OCCCO2)c1cnn2cccnc12. The highest BCUT2D eigenvalue weighted by atomic mass is 35.5. The highest BCUT2D eigenvalue weighted by Gasteiger charge is 2.18. The molecule has 0 saturated heterocycles. The second-order valence-electron chi connectivity index (χ2n) is 5.48. The van der Waals surface area contributed by atoms with Crippen LogP contribution in [0.5, 0.6) is 11.5 Å². The molecule has 0 saturated carbocycles. The van der Waals surface area contributed by atoms with E-state index in [1.54, 1.807) is 30.6 Å². The van der Waals surface area contributed by atoms with E-state index in [0.29, 0.717) is 46.5 Å². The molecule has 1 aromatic carbocycles. The molecule has 0 atom stereocenters. The molecule has 4 rings (SSSR count). The van der Waals surface area contributed by atoms with Crippen molar-refractivity contribution in [2.45, 2.75) is 13.0 Å². The van der Waals surface area contributed by atoms with E-state index in [2.05, 4.69) is 10.1 Å². The van der Waals surface area contributed by atoms with Gasteiger partial charge in [0, 0.05) is 18.8 Å². The van der Waals surface area contributed by atoms with E-state index >= 15 is 0 Å². The van der Waals surface area contributed by atoms with Gasteiger partial charge in [0.05, 0.1) is 24.4 Å². The predicted octanol–water partition coefficient (Wildman–Crippen LogP) is 2.90. The Hall–Kier alpha value is -2.80. The third kappa shape index (κ3) is 3.10. The summed E-state index contributed by atoms with van der Waals surface area (Å²) in [5.41, 5.74) is 1.47. The van der Waals surface area contributed by atoms with Crippen molar-refractivity contribution in [1.82, 2.24) is 14.6 Å². The van der Waals surface area contributed by atoms with Crippen LogP contribution < -0.4 is 9.47 Å². The smallest absolute Gasteiger partial charge is 0.343 e. The van der Waals surface area contributed by atoms with Crippen LogP contribution in [-0.4, -0.2) is 33.8 Å². The molecule has 2 aromatic heterocycles. The van der Waals surface area contributed by atoms with Crippen LogP contribution in [-0.2, 0) is 11.3 Å². The van der Waals surface area contributed by atoms with Crippen LogP contribution in [0.25, 0.3) is 5.65 Å². The third-order valence-electron chi connectivity index (χ3n) is 3.73. The highest BCUT2D eigenvalue weighted by molar-refractivity contribution is 6.32. The monoisotopic (exact) mass is 359 g/mol. The number of hydrogen-bond donors (Lipinski definition) is 0. The van der Waals surface area contributed by atoms with E-state index in [4.69, 9.17) is 25.8 Å². The Kier molecular flexibility index (Phi) is 4.15. The van der Waals surface area contributed by atoms with Crippen molar-refractivity contribution in [2.75, 3.05) is 13.2 Å². The van der Waals surface area contributed by atoms with Gasteiger partial charge in [-0.15, -0.1) is 0 Å². The first kappa shape index (κ1) is 15.7. The molecule has 0 bridgehead atoms. The fourth-order valence-electron chi connectivity index (χ4n) is 2.57. The number of rotatable bonds is 3. The average Bonchev–Trinajstić information content (AvgIpc) is 2.90. The van der Waals surface area contributed by atoms with Gasteiger partial charge in [0.2, 0.25) is 0 Å². The van der Waals surface area contributed by atoms with Gasteiger partial charge in [0.1, 0.15) is 12.2 Å². The Morgan fingerprint density at radius 2 is 2.20 bits per heavy atom. The fraction of sp³-hybridized carbons (Fsp3) is 0.235. The lowest BCUT2D eigenvalue weighted by molar-refractivity contribution is 0.0474. The molecule has 7 nitrogen and oxygen atoms in total. The number of fused-ring (bicyclic) bond motifs is 2. The highest BCUT2D eigenvalue weighted by Crippen LogP contribution is 2.38. The number of ether oxygens (including phenoxy) is 3. The number of halogens is 1. The van der Waals surface area contributed by atoms with Gasteiger partial charge in [0.25, 0.3) is 0 Å². The predicted molar refractivity (Wildman–Crippen MR) is 89.2 cm³/mol. The maximum absolute atomic E-state index is 12.3. The molecular formula is C17H14ClN3O4. The molecule has 0 radical (unpaired) electrons. The molecule has 25 heavy (non-hydrogen) atoms. The summed E-state index contributed by atoms with van der Waals surface area (Å²) < 4.78 is 18.1. The van der Waals surface area contributed by atoms with Gasteiger partial charge in [-0.25, -0.2) is 14.3 Å². The van der Waals surface area contributed by atoms with Gasteiger partial charge < -0.3 is 14.2 Å². The minimum absolute atomic E-state index is 0.0549. The van der Waals surface area contributed by atoms with Crippen molar-refractivity contribution in [2.24, 2.45) is 0 Å². The van der Waals surface area contributed by atoms with Crippen molar-refractivity contribution in [1.29, 1.82) is 0 Å². The van der Waals surface area contributed by atoms with Crippen molar-refractivity contribution in [3.05, 3.63) is 52.9 Å². The lowest BCUT2D eigenvalue weighted by atomic mass is 10.2. The maximum atomic E-state index is 12.3. The second kappa shape index (κ2) is 6.60. The van der Waals surface area contributed by atoms with E-state index < -0.39 is 5.97 Å². The van der Waals surface area contributed by atoms with Crippen molar-refractivity contribution < 1.29 is 19.0 Å². The number of esters is 1. The quantitative estimate of drug-likeness (QED) is 0.669. The number of carbonyl (C=O) groups excluding carboxylic acids is 1. The molecule has 0 unspecified atom stereocenters. The van der Waals surface area contributed by atoms with Crippen molar-refractivity contribution in [3.63, 3.8) is 0 Å². The van der Waals surface area contributed by atoms with Gasteiger partial charge in [0.15, 0.2) is 17.1 Å². The van der Waals surface area contributed by atoms with Crippen LogP contribution in [0.15, 0.2) is 36.8 Å². The molecule has 0 N–H and O–H groups in total. The number of hydrogen-bond acceptors (Lipinski definition) is 6. The topological polar surface area (TPSA) is 75.0 Å². The van der Waals surface area contributed by atoms with Gasteiger partial charge in [-0.1, -0.05) is 11.6 Å². The maximum Gasteiger partial charge on any atom is 0.343 e. The summed E-state index contributed by atoms with van der Waals surface area (Å²) >= 11 is 6.24. The number of aromatic nitrogens is 3. The Labute approximate surface area is 148 Å². The molecule has 0 fully saturated rings. The van der Waals surface area contributed by atoms with Crippen LogP contribution in [0.2, 0.25) is 5.02 Å². The van der Waals surface area contributed by atoms with E-state index in [-0.39, 0.29) is 6.61 Å². The Morgan fingerprint density at radius 1 is 1.32 bits per heavy atom. The summed E-state index contributed by atoms with van der Waals surface area (Å²) in [5.74, 6) is 0.590. The first-order chi connectivity index (χ1) is 12.2. The molecule has 0 amide bonds. The van der Waals surface area contributed by atoms with E-state index in [9.17, 15) is 4.79 Å². The summed E-state index contributed by atoms with van der Waals surface area (Å²) in [6.45, 7) is 1.17. The summed E-state index contributed by atoms with van der Waals surface area (Å²) in [7, 11) is 0. The van der Waals surface area contributed by atoms with Gasteiger partial charge in [-0.2, -0.15) is 5.10 Å². The molecule has 1 aliphatic rings. The number of carbonyl (C=O) groups is 1. The molecule has 8 heteroatoms. The second-order valence-corrected chi connectivity index (χ2v) is 5.88. The Bertz CT molecular complexity index is 941. The first-order valence-corrected chi connectivity index (χ1v) is 8.13.